The van der Waals surface area contributed by atoms with Crippen molar-refractivity contribution in [2.45, 2.75) is 63.6 Å². The van der Waals surface area contributed by atoms with Crippen molar-refractivity contribution in [1.82, 2.24) is 5.32 Å². The second-order valence-electron chi connectivity index (χ2n) is 7.16. The van der Waals surface area contributed by atoms with Crippen LogP contribution < -0.4 is 5.32 Å². The van der Waals surface area contributed by atoms with Crippen molar-refractivity contribution >= 4 is 5.91 Å². The van der Waals surface area contributed by atoms with Crippen LogP contribution in [0.2, 0.25) is 0 Å². The van der Waals surface area contributed by atoms with Gasteiger partial charge in [0.25, 0.3) is 0 Å². The minimum Gasteiger partial charge on any atom is -0.388 e. The van der Waals surface area contributed by atoms with E-state index in [1.54, 1.807) is 13.8 Å². The summed E-state index contributed by atoms with van der Waals surface area (Å²) in [5, 5.41) is 13.5. The molecule has 2 fully saturated rings. The number of amides is 1. The van der Waals surface area contributed by atoms with Crippen LogP contribution in [-0.2, 0) is 30.2 Å². The molecule has 0 unspecified atom stereocenters. The summed E-state index contributed by atoms with van der Waals surface area (Å²) in [7, 11) is 0. The van der Waals surface area contributed by atoms with E-state index in [0.717, 1.165) is 5.56 Å². The van der Waals surface area contributed by atoms with Crippen LogP contribution in [0.25, 0.3) is 0 Å². The minimum absolute atomic E-state index is 0.265. The van der Waals surface area contributed by atoms with E-state index < -0.39 is 36.4 Å². The maximum atomic E-state index is 11.6. The number of ether oxygens (including phenoxy) is 4. The number of aliphatic hydroxyl groups excluding tert-OH is 1. The van der Waals surface area contributed by atoms with Crippen LogP contribution in [-0.4, -0.2) is 60.7 Å². The Balaban J connectivity index is 1.66. The lowest BCUT2D eigenvalue weighted by molar-refractivity contribution is -0.368. The molecule has 0 bridgehead atoms. The van der Waals surface area contributed by atoms with Gasteiger partial charge in [-0.25, -0.2) is 0 Å². The van der Waals surface area contributed by atoms with Gasteiger partial charge in [0.15, 0.2) is 12.1 Å². The van der Waals surface area contributed by atoms with E-state index in [9.17, 15) is 9.90 Å². The zero-order chi connectivity index (χ0) is 18.7. The highest BCUT2D eigenvalue weighted by Crippen LogP contribution is 2.32. The third-order valence-electron chi connectivity index (χ3n) is 4.57. The molecule has 3 rings (SSSR count). The number of hydrogen-bond acceptors (Lipinski definition) is 6. The van der Waals surface area contributed by atoms with Gasteiger partial charge in [0.05, 0.1) is 13.2 Å². The van der Waals surface area contributed by atoms with Crippen molar-refractivity contribution in [3.8, 4) is 0 Å². The molecule has 1 aromatic carbocycles. The molecular weight excluding hydrogens is 338 g/mol. The summed E-state index contributed by atoms with van der Waals surface area (Å²) in [4.78, 5) is 11.6. The molecule has 7 nitrogen and oxygen atoms in total. The van der Waals surface area contributed by atoms with Crippen LogP contribution in [0.1, 0.15) is 26.3 Å². The molecule has 144 valence electrons. The van der Waals surface area contributed by atoms with Gasteiger partial charge in [0.1, 0.15) is 24.4 Å². The molecule has 2 N–H and O–H groups in total. The number of nitrogens with one attached hydrogen (secondary N) is 1. The highest BCUT2D eigenvalue weighted by Gasteiger charge is 2.51. The van der Waals surface area contributed by atoms with E-state index in [0.29, 0.717) is 19.6 Å². The maximum absolute atomic E-state index is 11.6. The number of carbonyl (C=O) groups is 1. The molecule has 0 radical (unpaired) electrons. The Morgan fingerprint density at radius 2 is 2.08 bits per heavy atom. The molecule has 2 aliphatic rings. The van der Waals surface area contributed by atoms with E-state index >= 15 is 0 Å². The van der Waals surface area contributed by atoms with Crippen molar-refractivity contribution < 1.29 is 28.8 Å². The number of fused-ring (bicyclic) bond motifs is 1. The van der Waals surface area contributed by atoms with E-state index in [4.69, 9.17) is 18.9 Å². The third-order valence-corrected chi connectivity index (χ3v) is 4.57. The molecule has 7 heteroatoms. The Hall–Kier alpha value is -1.51. The van der Waals surface area contributed by atoms with Gasteiger partial charge in [-0.15, -0.1) is 0 Å². The molecule has 0 aromatic heterocycles. The highest BCUT2D eigenvalue weighted by atomic mass is 16.8. The van der Waals surface area contributed by atoms with Gasteiger partial charge in [-0.2, -0.15) is 0 Å². The normalized spacial score (nSPS) is 33.3. The third kappa shape index (κ3) is 4.61. The molecular formula is C19H27NO6. The van der Waals surface area contributed by atoms with Gasteiger partial charge < -0.3 is 29.4 Å². The Labute approximate surface area is 153 Å². The second kappa shape index (κ2) is 8.02. The number of rotatable bonds is 5. The Morgan fingerprint density at radius 3 is 2.77 bits per heavy atom. The van der Waals surface area contributed by atoms with Gasteiger partial charge in [0.2, 0.25) is 5.91 Å². The number of aliphatic hydroxyl groups is 1. The van der Waals surface area contributed by atoms with Crippen LogP contribution in [0.3, 0.4) is 0 Å². The lowest BCUT2D eigenvalue weighted by Crippen LogP contribution is -2.68. The summed E-state index contributed by atoms with van der Waals surface area (Å²) in [6.45, 7) is 5.66. The van der Waals surface area contributed by atoms with Crippen LogP contribution in [0, 0.1) is 0 Å². The maximum Gasteiger partial charge on any atom is 0.217 e. The standard InChI is InChI=1S/C19H27NO6/c1-12(21)20-15-16(22)17-14(11-24-19(2,3)26-17)25-18(15)23-10-9-13-7-5-4-6-8-13/h4-8,14-18,22H,9-11H2,1-3H3,(H,20,21)/t14-,15+,16-,17-,18-/m1/s1. The summed E-state index contributed by atoms with van der Waals surface area (Å²) in [6, 6.07) is 9.23. The number of carbonyl (C=O) groups excluding carboxylic acids is 1. The fourth-order valence-electron chi connectivity index (χ4n) is 3.31. The Bertz CT molecular complexity index is 607. The van der Waals surface area contributed by atoms with Gasteiger partial charge in [-0.1, -0.05) is 30.3 Å². The number of hydrogen-bond donors (Lipinski definition) is 2. The van der Waals surface area contributed by atoms with Crippen LogP contribution >= 0.6 is 0 Å². The molecule has 2 aliphatic heterocycles. The predicted molar refractivity (Wildman–Crippen MR) is 93.3 cm³/mol. The molecule has 1 aromatic rings. The summed E-state index contributed by atoms with van der Waals surface area (Å²) in [5.41, 5.74) is 1.14. The first-order valence-electron chi connectivity index (χ1n) is 8.94. The molecule has 0 saturated carbocycles. The largest absolute Gasteiger partial charge is 0.388 e. The lowest BCUT2D eigenvalue weighted by atomic mass is 9.95. The lowest BCUT2D eigenvalue weighted by Gasteiger charge is -2.49. The predicted octanol–water partition coefficient (Wildman–Crippen LogP) is 0.988. The first-order valence-corrected chi connectivity index (χ1v) is 8.94. The van der Waals surface area contributed by atoms with E-state index in [-0.39, 0.29) is 5.91 Å². The highest BCUT2D eigenvalue weighted by molar-refractivity contribution is 5.73. The zero-order valence-electron chi connectivity index (χ0n) is 15.4. The SMILES string of the molecule is CC(=O)N[C@@H]1[C@H](OCCc2ccccc2)O[C@@H]2COC(C)(C)O[C@H]2[C@@H]1O. The van der Waals surface area contributed by atoms with Gasteiger partial charge in [-0.3, -0.25) is 4.79 Å². The van der Waals surface area contributed by atoms with Crippen molar-refractivity contribution in [3.05, 3.63) is 35.9 Å². The molecule has 2 saturated heterocycles. The molecule has 5 atom stereocenters. The van der Waals surface area contributed by atoms with E-state index in [1.807, 2.05) is 30.3 Å². The van der Waals surface area contributed by atoms with Gasteiger partial charge in [0, 0.05) is 6.92 Å². The zero-order valence-corrected chi connectivity index (χ0v) is 15.4. The molecule has 26 heavy (non-hydrogen) atoms. The fraction of sp³-hybridized carbons (Fsp3) is 0.632. The van der Waals surface area contributed by atoms with Crippen molar-refractivity contribution in [1.29, 1.82) is 0 Å². The first kappa shape index (κ1) is 19.3. The molecule has 0 spiro atoms. The quantitative estimate of drug-likeness (QED) is 0.809. The molecule has 0 aliphatic carbocycles. The Morgan fingerprint density at radius 1 is 1.35 bits per heavy atom. The summed E-state index contributed by atoms with van der Waals surface area (Å²) >= 11 is 0. The van der Waals surface area contributed by atoms with E-state index in [1.165, 1.54) is 6.92 Å². The topological polar surface area (TPSA) is 86.3 Å². The minimum atomic E-state index is -0.956. The Kier molecular flexibility index (Phi) is 5.94. The van der Waals surface area contributed by atoms with Gasteiger partial charge in [-0.05, 0) is 25.8 Å². The van der Waals surface area contributed by atoms with Crippen LogP contribution in [0.5, 0.6) is 0 Å². The van der Waals surface area contributed by atoms with Gasteiger partial charge >= 0.3 is 0 Å². The van der Waals surface area contributed by atoms with E-state index in [2.05, 4.69) is 5.32 Å². The summed E-state index contributed by atoms with van der Waals surface area (Å²) in [5.74, 6) is -1.08. The first-order chi connectivity index (χ1) is 12.4. The average Bonchev–Trinajstić information content (AvgIpc) is 2.59. The average molecular weight is 365 g/mol. The van der Waals surface area contributed by atoms with Crippen LogP contribution in [0.4, 0.5) is 0 Å². The summed E-state index contributed by atoms with van der Waals surface area (Å²) < 4.78 is 23.3. The molecule has 1 amide bonds. The monoisotopic (exact) mass is 365 g/mol. The van der Waals surface area contributed by atoms with Crippen molar-refractivity contribution in [2.24, 2.45) is 0 Å². The summed E-state index contributed by atoms with van der Waals surface area (Å²) in [6.07, 6.45) is -2.07. The molecule has 2 heterocycles. The van der Waals surface area contributed by atoms with Crippen LogP contribution in [0.15, 0.2) is 30.3 Å². The fourth-order valence-corrected chi connectivity index (χ4v) is 3.31. The van der Waals surface area contributed by atoms with Crippen molar-refractivity contribution in [3.63, 3.8) is 0 Å². The number of benzene rings is 1. The van der Waals surface area contributed by atoms with Crippen molar-refractivity contribution in [2.75, 3.05) is 13.2 Å². The second-order valence-corrected chi connectivity index (χ2v) is 7.16. The smallest absolute Gasteiger partial charge is 0.217 e.